The zero-order valence-corrected chi connectivity index (χ0v) is 17.4. The van der Waals surface area contributed by atoms with E-state index in [9.17, 15) is 23.5 Å². The third-order valence-electron chi connectivity index (χ3n) is 4.32. The van der Waals surface area contributed by atoms with Crippen LogP contribution in [0.4, 0.5) is 20.2 Å². The van der Waals surface area contributed by atoms with E-state index < -0.39 is 29.0 Å². The molecule has 9 heteroatoms. The van der Waals surface area contributed by atoms with E-state index in [1.165, 1.54) is 55.6 Å². The molecule has 0 fully saturated rings. The number of benzene rings is 3. The Labute approximate surface area is 187 Å². The summed E-state index contributed by atoms with van der Waals surface area (Å²) < 4.78 is 33.0. The van der Waals surface area contributed by atoms with Gasteiger partial charge in [-0.05, 0) is 48.0 Å². The van der Waals surface area contributed by atoms with Gasteiger partial charge >= 0.3 is 0 Å². The van der Waals surface area contributed by atoms with Gasteiger partial charge in [0.25, 0.3) is 11.8 Å². The van der Waals surface area contributed by atoms with Gasteiger partial charge in [0.05, 0.1) is 23.5 Å². The van der Waals surface area contributed by atoms with Gasteiger partial charge in [0.15, 0.2) is 11.5 Å². The summed E-state index contributed by atoms with van der Waals surface area (Å²) >= 11 is 5.98. The molecule has 0 aliphatic heterocycles. The topological polar surface area (TPSA) is 87.7 Å². The average molecular weight is 459 g/mol. The summed E-state index contributed by atoms with van der Waals surface area (Å²) in [4.78, 5) is 25.8. The van der Waals surface area contributed by atoms with Gasteiger partial charge in [0, 0.05) is 0 Å². The van der Waals surface area contributed by atoms with Crippen molar-refractivity contribution in [2.24, 2.45) is 0 Å². The van der Waals surface area contributed by atoms with E-state index in [0.717, 1.165) is 18.2 Å². The molecule has 2 amide bonds. The fourth-order valence-electron chi connectivity index (χ4n) is 2.74. The highest BCUT2D eigenvalue weighted by Gasteiger charge is 2.21. The Morgan fingerprint density at radius 1 is 0.938 bits per heavy atom. The number of rotatable bonds is 6. The first-order valence-electron chi connectivity index (χ1n) is 9.20. The first-order chi connectivity index (χ1) is 15.3. The van der Waals surface area contributed by atoms with Crippen LogP contribution < -0.4 is 15.4 Å². The van der Waals surface area contributed by atoms with Crippen molar-refractivity contribution in [1.29, 1.82) is 0 Å². The first-order valence-corrected chi connectivity index (χ1v) is 9.58. The number of halogens is 3. The molecule has 0 aliphatic carbocycles. The van der Waals surface area contributed by atoms with E-state index in [2.05, 4.69) is 10.6 Å². The van der Waals surface area contributed by atoms with Crippen LogP contribution in [0.3, 0.4) is 0 Å². The van der Waals surface area contributed by atoms with Crippen molar-refractivity contribution in [2.75, 3.05) is 17.7 Å². The second-order valence-electron chi connectivity index (χ2n) is 6.48. The molecule has 0 aromatic heterocycles. The van der Waals surface area contributed by atoms with Crippen LogP contribution in [0.1, 0.15) is 5.56 Å². The maximum Gasteiger partial charge on any atom is 0.261 e. The minimum absolute atomic E-state index is 0.00660. The molecule has 0 atom stereocenters. The molecule has 0 bridgehead atoms. The van der Waals surface area contributed by atoms with E-state index in [0.29, 0.717) is 0 Å². The van der Waals surface area contributed by atoms with Crippen LogP contribution in [0.15, 0.2) is 66.2 Å². The van der Waals surface area contributed by atoms with Gasteiger partial charge in [-0.15, -0.1) is 0 Å². The minimum Gasteiger partial charge on any atom is -0.503 e. The number of hydrogen-bond acceptors (Lipinski definition) is 4. The number of para-hydroxylation sites is 2. The number of phenolic OH excluding ortho intramolecular Hbond substituents is 1. The van der Waals surface area contributed by atoms with E-state index in [1.807, 2.05) is 0 Å². The lowest BCUT2D eigenvalue weighted by molar-refractivity contribution is -0.118. The molecule has 3 N–H and O–H groups in total. The number of ether oxygens (including phenoxy) is 1. The summed E-state index contributed by atoms with van der Waals surface area (Å²) in [7, 11) is 1.30. The van der Waals surface area contributed by atoms with Crippen LogP contribution in [-0.4, -0.2) is 24.0 Å². The summed E-state index contributed by atoms with van der Waals surface area (Å²) in [6.45, 7) is 0. The summed E-state index contributed by atoms with van der Waals surface area (Å²) in [6.07, 6.45) is 1.15. The van der Waals surface area contributed by atoms with Crippen molar-refractivity contribution >= 4 is 40.9 Å². The molecule has 0 saturated carbocycles. The van der Waals surface area contributed by atoms with Crippen LogP contribution >= 0.6 is 11.6 Å². The molecule has 3 rings (SSSR count). The van der Waals surface area contributed by atoms with Crippen molar-refractivity contribution in [1.82, 2.24) is 0 Å². The largest absolute Gasteiger partial charge is 0.503 e. The minimum atomic E-state index is -0.952. The number of carbonyl (C=O) groups is 2. The maximum atomic E-state index is 14.0. The Balaban J connectivity index is 2.02. The highest BCUT2D eigenvalue weighted by molar-refractivity contribution is 6.32. The Kier molecular flexibility index (Phi) is 7.07. The number of anilines is 2. The van der Waals surface area contributed by atoms with Crippen LogP contribution in [-0.2, 0) is 9.59 Å². The average Bonchev–Trinajstić information content (AvgIpc) is 2.77. The normalized spacial score (nSPS) is 10.2. The van der Waals surface area contributed by atoms with E-state index in [4.69, 9.17) is 16.3 Å². The molecule has 0 spiro atoms. The van der Waals surface area contributed by atoms with Gasteiger partial charge in [0.1, 0.15) is 17.2 Å². The molecular weight excluding hydrogens is 442 g/mol. The molecule has 0 unspecified atom stereocenters. The predicted octanol–water partition coefficient (Wildman–Crippen LogP) is 4.99. The summed E-state index contributed by atoms with van der Waals surface area (Å²) in [5.74, 6) is -3.63. The van der Waals surface area contributed by atoms with Crippen molar-refractivity contribution in [2.45, 2.75) is 0 Å². The van der Waals surface area contributed by atoms with Gasteiger partial charge in [0.2, 0.25) is 0 Å². The zero-order valence-electron chi connectivity index (χ0n) is 16.7. The predicted molar refractivity (Wildman–Crippen MR) is 118 cm³/mol. The molecule has 32 heavy (non-hydrogen) atoms. The van der Waals surface area contributed by atoms with Crippen LogP contribution in [0.5, 0.6) is 11.5 Å². The molecular formula is C23H17ClF2N2O4. The molecule has 164 valence electrons. The van der Waals surface area contributed by atoms with E-state index in [-0.39, 0.29) is 33.5 Å². The Bertz CT molecular complexity index is 1150. The second kappa shape index (κ2) is 9.93. The lowest BCUT2D eigenvalue weighted by Gasteiger charge is -2.12. The lowest BCUT2D eigenvalue weighted by atomic mass is 10.1. The number of aromatic hydroxyl groups is 1. The number of carbonyl (C=O) groups excluding carboxylic acids is 2. The molecule has 0 heterocycles. The van der Waals surface area contributed by atoms with Gasteiger partial charge in [-0.2, -0.15) is 0 Å². The van der Waals surface area contributed by atoms with E-state index >= 15 is 0 Å². The highest BCUT2D eigenvalue weighted by atomic mass is 35.5. The van der Waals surface area contributed by atoms with Gasteiger partial charge in [-0.1, -0.05) is 35.9 Å². The summed E-state index contributed by atoms with van der Waals surface area (Å²) in [6, 6.07) is 13.5. The molecule has 3 aromatic rings. The zero-order chi connectivity index (χ0) is 23.3. The van der Waals surface area contributed by atoms with Crippen molar-refractivity contribution in [3.8, 4) is 11.5 Å². The van der Waals surface area contributed by atoms with Crippen molar-refractivity contribution in [3.63, 3.8) is 0 Å². The first kappa shape index (κ1) is 22.8. The fraction of sp³-hybridized carbons (Fsp3) is 0.0435. The smallest absolute Gasteiger partial charge is 0.261 e. The molecule has 0 radical (unpaired) electrons. The fourth-order valence-corrected chi connectivity index (χ4v) is 2.96. The molecule has 3 aromatic carbocycles. The number of nitrogens with one attached hydrogen (secondary N) is 2. The summed E-state index contributed by atoms with van der Waals surface area (Å²) in [5, 5.41) is 14.5. The summed E-state index contributed by atoms with van der Waals surface area (Å²) in [5.41, 5.74) is -0.542. The number of phenols is 1. The van der Waals surface area contributed by atoms with Gasteiger partial charge < -0.3 is 20.5 Å². The molecule has 6 nitrogen and oxygen atoms in total. The van der Waals surface area contributed by atoms with Gasteiger partial charge in [-0.3, -0.25) is 9.59 Å². The SMILES string of the molecule is COc1cc(C=C(C(=O)Nc2ccccc2F)C(=O)Nc2ccccc2F)cc(Cl)c1O. The lowest BCUT2D eigenvalue weighted by Crippen LogP contribution is -2.26. The second-order valence-corrected chi connectivity index (χ2v) is 6.89. The monoisotopic (exact) mass is 458 g/mol. The number of amides is 2. The van der Waals surface area contributed by atoms with Crippen LogP contribution in [0, 0.1) is 11.6 Å². The maximum absolute atomic E-state index is 14.0. The standard InChI is InChI=1S/C23H17ClF2N2O4/c1-32-20-12-13(11-15(24)21(20)29)10-14(22(30)27-18-8-4-2-6-16(18)25)23(31)28-19-9-5-3-7-17(19)26/h2-12,29H,1H3,(H,27,30)(H,28,31). The highest BCUT2D eigenvalue weighted by Crippen LogP contribution is 2.35. The molecule has 0 saturated heterocycles. The third-order valence-corrected chi connectivity index (χ3v) is 4.60. The Hall–Kier alpha value is -3.91. The quantitative estimate of drug-likeness (QED) is 0.276. The Morgan fingerprint density at radius 2 is 1.44 bits per heavy atom. The number of methoxy groups -OCH3 is 1. The van der Waals surface area contributed by atoms with Crippen molar-refractivity contribution < 1.29 is 28.2 Å². The van der Waals surface area contributed by atoms with Gasteiger partial charge in [-0.25, -0.2) is 8.78 Å². The van der Waals surface area contributed by atoms with Crippen LogP contribution in [0.2, 0.25) is 5.02 Å². The van der Waals surface area contributed by atoms with Crippen molar-refractivity contribution in [3.05, 3.63) is 88.5 Å². The van der Waals surface area contributed by atoms with Crippen LogP contribution in [0.25, 0.3) is 6.08 Å². The van der Waals surface area contributed by atoms with E-state index in [1.54, 1.807) is 0 Å². The number of hydrogen-bond donors (Lipinski definition) is 3. The Morgan fingerprint density at radius 3 is 1.91 bits per heavy atom. The molecule has 0 aliphatic rings. The third kappa shape index (κ3) is 5.22.